The highest BCUT2D eigenvalue weighted by atomic mass is 35.5. The predicted molar refractivity (Wildman–Crippen MR) is 70.5 cm³/mol. The number of hydrogen-bond donors (Lipinski definition) is 3. The zero-order chi connectivity index (χ0) is 14.6. The van der Waals surface area contributed by atoms with E-state index in [1.165, 1.54) is 18.2 Å². The van der Waals surface area contributed by atoms with Gasteiger partial charge < -0.3 is 15.9 Å². The van der Waals surface area contributed by atoms with E-state index in [9.17, 15) is 9.59 Å². The number of nitrogens with zero attached hydrogens (tertiary/aromatic N) is 1. The Bertz CT molecular complexity index is 596. The molecule has 6 nitrogen and oxygen atoms in total. The first-order valence-corrected chi connectivity index (χ1v) is 5.54. The zero-order valence-corrected chi connectivity index (χ0v) is 10.8. The van der Waals surface area contributed by atoms with Gasteiger partial charge >= 0.3 is 11.9 Å². The first-order chi connectivity index (χ1) is 8.82. The van der Waals surface area contributed by atoms with Crippen LogP contribution in [0.25, 0.3) is 0 Å². The van der Waals surface area contributed by atoms with Crippen LogP contribution in [-0.4, -0.2) is 28.4 Å². The maximum absolute atomic E-state index is 10.8. The van der Waals surface area contributed by atoms with E-state index in [1.54, 1.807) is 0 Å². The van der Waals surface area contributed by atoms with Gasteiger partial charge in [0.05, 0.1) is 5.02 Å². The van der Waals surface area contributed by atoms with Crippen molar-refractivity contribution in [3.05, 3.63) is 45.2 Å². The highest BCUT2D eigenvalue weighted by Crippen LogP contribution is 2.19. The number of halogens is 2. The normalized spacial score (nSPS) is 12.3. The zero-order valence-electron chi connectivity index (χ0n) is 9.30. The van der Waals surface area contributed by atoms with Crippen LogP contribution < -0.4 is 5.73 Å². The van der Waals surface area contributed by atoms with Crippen molar-refractivity contribution in [1.82, 2.24) is 0 Å². The van der Waals surface area contributed by atoms with Crippen LogP contribution in [0.1, 0.15) is 5.56 Å². The summed E-state index contributed by atoms with van der Waals surface area (Å²) in [6.07, 6.45) is 1.10. The summed E-state index contributed by atoms with van der Waals surface area (Å²) in [4.78, 5) is 25.0. The Labute approximate surface area is 117 Å². The molecule has 0 aliphatic carbocycles. The molecule has 1 aromatic rings. The van der Waals surface area contributed by atoms with Crippen LogP contribution >= 0.6 is 23.2 Å². The number of benzene rings is 1. The predicted octanol–water partition coefficient (Wildman–Crippen LogP) is 1.75. The molecular weight excluding hydrogens is 295 g/mol. The van der Waals surface area contributed by atoms with Gasteiger partial charge in [0.15, 0.2) is 11.4 Å². The summed E-state index contributed by atoms with van der Waals surface area (Å²) >= 11 is 11.5. The highest BCUT2D eigenvalue weighted by molar-refractivity contribution is 6.36. The summed E-state index contributed by atoms with van der Waals surface area (Å²) in [5.41, 5.74) is 3.85. The van der Waals surface area contributed by atoms with Crippen molar-refractivity contribution < 1.29 is 19.8 Å². The Balaban J connectivity index is 3.17. The quantitative estimate of drug-likeness (QED) is 0.579. The number of hydrogen-bond acceptors (Lipinski definition) is 4. The van der Waals surface area contributed by atoms with E-state index in [4.69, 9.17) is 39.1 Å². The van der Waals surface area contributed by atoms with E-state index in [2.05, 4.69) is 4.99 Å². The van der Waals surface area contributed by atoms with E-state index in [0.29, 0.717) is 10.6 Å². The SMILES string of the molecule is N/C(C(=O)O)=C(/N=Cc1ccc(Cl)cc1Cl)C(=O)O. The number of rotatable bonds is 4. The van der Waals surface area contributed by atoms with Gasteiger partial charge in [-0.15, -0.1) is 0 Å². The summed E-state index contributed by atoms with van der Waals surface area (Å²) in [7, 11) is 0. The molecule has 0 atom stereocenters. The number of carboxylic acid groups (broad SMARTS) is 2. The number of aliphatic imine (C=N–C) groups is 1. The van der Waals surface area contributed by atoms with Crippen LogP contribution in [0.3, 0.4) is 0 Å². The maximum Gasteiger partial charge on any atom is 0.356 e. The summed E-state index contributed by atoms with van der Waals surface area (Å²) in [5, 5.41) is 18.1. The van der Waals surface area contributed by atoms with E-state index in [0.717, 1.165) is 6.21 Å². The van der Waals surface area contributed by atoms with Gasteiger partial charge in [-0.3, -0.25) is 0 Å². The van der Waals surface area contributed by atoms with Crippen LogP contribution in [-0.2, 0) is 9.59 Å². The largest absolute Gasteiger partial charge is 0.477 e. The second kappa shape index (κ2) is 6.21. The second-order valence-corrected chi connectivity index (χ2v) is 4.14. The van der Waals surface area contributed by atoms with E-state index in [1.807, 2.05) is 0 Å². The fraction of sp³-hybridized carbons (Fsp3) is 0. The van der Waals surface area contributed by atoms with Crippen LogP contribution in [0.2, 0.25) is 10.0 Å². The molecule has 0 spiro atoms. The standard InChI is InChI=1S/C11H8Cl2N2O4/c12-6-2-1-5(7(13)3-6)4-15-9(11(18)19)8(14)10(16)17/h1-4H,14H2,(H,16,17)(H,18,19)/b9-8+,15-4?. The summed E-state index contributed by atoms with van der Waals surface area (Å²) in [6.45, 7) is 0. The van der Waals surface area contributed by atoms with E-state index in [-0.39, 0.29) is 5.02 Å². The van der Waals surface area contributed by atoms with Gasteiger partial charge in [0.1, 0.15) is 0 Å². The maximum atomic E-state index is 10.8. The van der Waals surface area contributed by atoms with Gasteiger partial charge in [-0.1, -0.05) is 29.3 Å². The number of aliphatic carboxylic acids is 2. The molecule has 1 rings (SSSR count). The minimum atomic E-state index is -1.57. The molecule has 1 aromatic carbocycles. The van der Waals surface area contributed by atoms with Gasteiger partial charge in [-0.2, -0.15) is 0 Å². The molecule has 0 saturated carbocycles. The molecular formula is C11H8Cl2N2O4. The van der Waals surface area contributed by atoms with Crippen LogP contribution in [0.15, 0.2) is 34.6 Å². The summed E-state index contributed by atoms with van der Waals surface area (Å²) in [5.74, 6) is -3.13. The molecule has 0 fully saturated rings. The molecule has 0 aliphatic heterocycles. The van der Waals surface area contributed by atoms with E-state index < -0.39 is 23.3 Å². The molecule has 4 N–H and O–H groups in total. The molecule has 0 radical (unpaired) electrons. The second-order valence-electron chi connectivity index (χ2n) is 3.30. The lowest BCUT2D eigenvalue weighted by Crippen LogP contribution is -2.17. The van der Waals surface area contributed by atoms with Crippen molar-refractivity contribution in [3.8, 4) is 0 Å². The van der Waals surface area contributed by atoms with Crippen LogP contribution in [0, 0.1) is 0 Å². The van der Waals surface area contributed by atoms with Gasteiger partial charge in [0.2, 0.25) is 0 Å². The molecule has 0 heterocycles. The van der Waals surface area contributed by atoms with Gasteiger partial charge in [-0.05, 0) is 12.1 Å². The Morgan fingerprint density at radius 1 is 1.21 bits per heavy atom. The lowest BCUT2D eigenvalue weighted by atomic mass is 10.2. The minimum absolute atomic E-state index is 0.245. The van der Waals surface area contributed by atoms with Gasteiger partial charge in [0, 0.05) is 16.8 Å². The summed E-state index contributed by atoms with van der Waals surface area (Å²) in [6, 6.07) is 4.47. The first-order valence-electron chi connectivity index (χ1n) is 4.78. The Kier molecular flexibility index (Phi) is 4.91. The third kappa shape index (κ3) is 3.97. The number of carbonyl (C=O) groups is 2. The molecule has 0 saturated heterocycles. The Hall–Kier alpha value is -2.05. The molecule has 0 unspecified atom stereocenters. The Morgan fingerprint density at radius 3 is 2.32 bits per heavy atom. The molecule has 0 aliphatic rings. The molecule has 19 heavy (non-hydrogen) atoms. The van der Waals surface area contributed by atoms with Crippen molar-refractivity contribution in [2.45, 2.75) is 0 Å². The molecule has 0 amide bonds. The summed E-state index contributed by atoms with van der Waals surface area (Å²) < 4.78 is 0. The monoisotopic (exact) mass is 302 g/mol. The average Bonchev–Trinajstić information content (AvgIpc) is 2.31. The first kappa shape index (κ1) is 15.0. The van der Waals surface area contributed by atoms with Crippen molar-refractivity contribution in [2.24, 2.45) is 10.7 Å². The van der Waals surface area contributed by atoms with E-state index >= 15 is 0 Å². The third-order valence-electron chi connectivity index (χ3n) is 1.98. The van der Waals surface area contributed by atoms with Gasteiger partial charge in [-0.25, -0.2) is 14.6 Å². The minimum Gasteiger partial charge on any atom is -0.477 e. The van der Waals surface area contributed by atoms with Crippen molar-refractivity contribution in [1.29, 1.82) is 0 Å². The fourth-order valence-corrected chi connectivity index (χ4v) is 1.54. The number of nitrogens with two attached hydrogens (primary N) is 1. The van der Waals surface area contributed by atoms with Gasteiger partial charge in [0.25, 0.3) is 0 Å². The lowest BCUT2D eigenvalue weighted by Gasteiger charge is -2.00. The molecule has 0 aromatic heterocycles. The fourth-order valence-electron chi connectivity index (χ4n) is 1.08. The molecule has 0 bridgehead atoms. The lowest BCUT2D eigenvalue weighted by molar-refractivity contribution is -0.136. The topological polar surface area (TPSA) is 113 Å². The van der Waals surface area contributed by atoms with Crippen LogP contribution in [0.5, 0.6) is 0 Å². The third-order valence-corrected chi connectivity index (χ3v) is 2.55. The Morgan fingerprint density at radius 2 is 1.84 bits per heavy atom. The van der Waals surface area contributed by atoms with Crippen molar-refractivity contribution >= 4 is 41.4 Å². The molecule has 8 heteroatoms. The highest BCUT2D eigenvalue weighted by Gasteiger charge is 2.16. The average molecular weight is 303 g/mol. The van der Waals surface area contributed by atoms with Crippen LogP contribution in [0.4, 0.5) is 0 Å². The smallest absolute Gasteiger partial charge is 0.356 e. The van der Waals surface area contributed by atoms with Crippen molar-refractivity contribution in [3.63, 3.8) is 0 Å². The van der Waals surface area contributed by atoms with Crippen molar-refractivity contribution in [2.75, 3.05) is 0 Å². The number of carboxylic acids is 2. The molecule has 100 valence electrons.